The van der Waals surface area contributed by atoms with Crippen molar-refractivity contribution in [1.29, 1.82) is 0 Å². The van der Waals surface area contributed by atoms with E-state index in [4.69, 9.17) is 0 Å². The lowest BCUT2D eigenvalue weighted by molar-refractivity contribution is 0.919. The van der Waals surface area contributed by atoms with Gasteiger partial charge in [0.2, 0.25) is 0 Å². The lowest BCUT2D eigenvalue weighted by Gasteiger charge is -2.12. The Balaban J connectivity index is 3.07. The summed E-state index contributed by atoms with van der Waals surface area (Å²) in [5.41, 5.74) is 4.60. The molecule has 0 aliphatic heterocycles. The molecule has 0 amide bonds. The molecule has 0 saturated carbocycles. The Kier molecular flexibility index (Phi) is 5.17. The summed E-state index contributed by atoms with van der Waals surface area (Å²) in [6.45, 7) is 6.78. The number of allylic oxidation sites excluding steroid dienone is 2. The van der Waals surface area contributed by atoms with Gasteiger partial charge in [-0.1, -0.05) is 63.1 Å². The summed E-state index contributed by atoms with van der Waals surface area (Å²) in [5, 5.41) is 0. The molecule has 1 aromatic rings. The van der Waals surface area contributed by atoms with Crippen molar-refractivity contribution in [3.63, 3.8) is 0 Å². The largest absolute Gasteiger partial charge is 0.0670 e. The molecule has 0 aliphatic rings. The van der Waals surface area contributed by atoms with E-state index in [0.29, 0.717) is 0 Å². The van der Waals surface area contributed by atoms with E-state index in [1.165, 1.54) is 31.2 Å². The molecule has 0 heterocycles. The van der Waals surface area contributed by atoms with Crippen molar-refractivity contribution in [2.75, 3.05) is 0 Å². The normalized spacial score (nSPS) is 10.1. The van der Waals surface area contributed by atoms with Crippen molar-refractivity contribution in [3.8, 4) is 0 Å². The van der Waals surface area contributed by atoms with Gasteiger partial charge in [0.15, 0.2) is 0 Å². The molecule has 0 atom stereocenters. The van der Waals surface area contributed by atoms with E-state index in [1.807, 2.05) is 0 Å². The summed E-state index contributed by atoms with van der Waals surface area (Å²) < 4.78 is 0. The van der Waals surface area contributed by atoms with E-state index >= 15 is 0 Å². The monoisotopic (exact) mass is 202 g/mol. The van der Waals surface area contributed by atoms with Gasteiger partial charge in [0.25, 0.3) is 0 Å². The second-order valence-corrected chi connectivity index (χ2v) is 3.91. The topological polar surface area (TPSA) is 0 Å². The van der Waals surface area contributed by atoms with Gasteiger partial charge in [0.05, 0.1) is 0 Å². The second-order valence-electron chi connectivity index (χ2n) is 3.91. The Hall–Kier alpha value is -1.04. The van der Waals surface area contributed by atoms with Crippen LogP contribution in [-0.2, 0) is 0 Å². The number of hydrogen-bond donors (Lipinski definition) is 0. The summed E-state index contributed by atoms with van der Waals surface area (Å²) in [4.78, 5) is 0. The van der Waals surface area contributed by atoms with Crippen LogP contribution in [0.1, 0.15) is 52.0 Å². The van der Waals surface area contributed by atoms with Gasteiger partial charge < -0.3 is 0 Å². The molecule has 0 bridgehead atoms. The zero-order valence-corrected chi connectivity index (χ0v) is 10.2. The van der Waals surface area contributed by atoms with Crippen LogP contribution in [0.4, 0.5) is 0 Å². The minimum atomic E-state index is 1.18. The van der Waals surface area contributed by atoms with Crippen LogP contribution in [-0.4, -0.2) is 0 Å². The van der Waals surface area contributed by atoms with E-state index in [0.717, 1.165) is 0 Å². The van der Waals surface area contributed by atoms with Crippen molar-refractivity contribution in [1.82, 2.24) is 0 Å². The van der Waals surface area contributed by atoms with Gasteiger partial charge in [-0.2, -0.15) is 0 Å². The highest BCUT2D eigenvalue weighted by Gasteiger charge is 2.05. The summed E-state index contributed by atoms with van der Waals surface area (Å²) in [6, 6.07) is 10.8. The van der Waals surface area contributed by atoms with Gasteiger partial charge in [-0.05, 0) is 30.4 Å². The molecule has 82 valence electrons. The van der Waals surface area contributed by atoms with Crippen LogP contribution >= 0.6 is 0 Å². The molecule has 0 aliphatic carbocycles. The Labute approximate surface area is 94.0 Å². The highest BCUT2D eigenvalue weighted by Crippen LogP contribution is 2.27. The zero-order valence-electron chi connectivity index (χ0n) is 10.2. The van der Waals surface area contributed by atoms with E-state index < -0.39 is 0 Å². The summed E-state index contributed by atoms with van der Waals surface area (Å²) in [5.74, 6) is 0. The van der Waals surface area contributed by atoms with Crippen LogP contribution in [0.15, 0.2) is 35.9 Å². The lowest BCUT2D eigenvalue weighted by Crippen LogP contribution is -1.91. The minimum absolute atomic E-state index is 1.18. The highest BCUT2D eigenvalue weighted by atomic mass is 14.1. The van der Waals surface area contributed by atoms with Gasteiger partial charge in [0.1, 0.15) is 0 Å². The number of benzene rings is 1. The Bertz CT molecular complexity index is 300. The quantitative estimate of drug-likeness (QED) is 0.626. The van der Waals surface area contributed by atoms with E-state index in [9.17, 15) is 0 Å². The van der Waals surface area contributed by atoms with Crippen LogP contribution in [0.2, 0.25) is 0 Å². The zero-order chi connectivity index (χ0) is 11.1. The molecule has 0 nitrogen and oxygen atoms in total. The highest BCUT2D eigenvalue weighted by molar-refractivity contribution is 5.68. The standard InChI is InChI=1S/C15H22/c1-4-10-15(13(5-2)6-3)14-11-8-7-9-12-14/h7-9,11-12H,4-6,10H2,1-3H3. The fourth-order valence-electron chi connectivity index (χ4n) is 2.09. The van der Waals surface area contributed by atoms with Crippen molar-refractivity contribution in [2.45, 2.75) is 46.5 Å². The molecule has 1 aromatic carbocycles. The van der Waals surface area contributed by atoms with Crippen LogP contribution in [0.25, 0.3) is 5.57 Å². The maximum absolute atomic E-state index is 2.26. The van der Waals surface area contributed by atoms with Gasteiger partial charge >= 0.3 is 0 Å². The molecule has 0 saturated heterocycles. The van der Waals surface area contributed by atoms with E-state index in [2.05, 4.69) is 51.1 Å². The average Bonchev–Trinajstić information content (AvgIpc) is 2.30. The first-order valence-electron chi connectivity index (χ1n) is 6.09. The minimum Gasteiger partial charge on any atom is -0.0670 e. The first-order chi connectivity index (χ1) is 7.33. The van der Waals surface area contributed by atoms with Gasteiger partial charge in [-0.3, -0.25) is 0 Å². The number of rotatable bonds is 5. The molecule has 0 unspecified atom stereocenters. The molecular formula is C15H22. The van der Waals surface area contributed by atoms with Gasteiger partial charge in [0, 0.05) is 0 Å². The molecule has 0 aromatic heterocycles. The molecule has 0 fully saturated rings. The molecule has 1 rings (SSSR count). The average molecular weight is 202 g/mol. The Morgan fingerprint density at radius 3 is 2.00 bits per heavy atom. The van der Waals surface area contributed by atoms with E-state index in [1.54, 1.807) is 11.1 Å². The van der Waals surface area contributed by atoms with Gasteiger partial charge in [-0.25, -0.2) is 0 Å². The first kappa shape index (κ1) is 12.0. The Morgan fingerprint density at radius 2 is 1.53 bits per heavy atom. The molecule has 0 radical (unpaired) electrons. The fraction of sp³-hybridized carbons (Fsp3) is 0.467. The maximum atomic E-state index is 2.26. The van der Waals surface area contributed by atoms with Crippen molar-refractivity contribution in [3.05, 3.63) is 41.5 Å². The van der Waals surface area contributed by atoms with Crippen molar-refractivity contribution in [2.24, 2.45) is 0 Å². The van der Waals surface area contributed by atoms with Crippen LogP contribution in [0, 0.1) is 0 Å². The molecule has 0 heteroatoms. The second kappa shape index (κ2) is 6.44. The van der Waals surface area contributed by atoms with E-state index in [-0.39, 0.29) is 0 Å². The molecule has 15 heavy (non-hydrogen) atoms. The fourth-order valence-corrected chi connectivity index (χ4v) is 2.09. The van der Waals surface area contributed by atoms with Crippen LogP contribution < -0.4 is 0 Å². The van der Waals surface area contributed by atoms with Crippen molar-refractivity contribution < 1.29 is 0 Å². The third-order valence-electron chi connectivity index (χ3n) is 2.90. The van der Waals surface area contributed by atoms with Crippen molar-refractivity contribution >= 4 is 5.57 Å². The predicted octanol–water partition coefficient (Wildman–Crippen LogP) is 5.06. The number of hydrogen-bond acceptors (Lipinski definition) is 0. The van der Waals surface area contributed by atoms with Gasteiger partial charge in [-0.15, -0.1) is 0 Å². The summed E-state index contributed by atoms with van der Waals surface area (Å²) in [6.07, 6.45) is 4.80. The third kappa shape index (κ3) is 3.23. The molecule has 0 N–H and O–H groups in total. The maximum Gasteiger partial charge on any atom is -0.0225 e. The predicted molar refractivity (Wildman–Crippen MR) is 68.9 cm³/mol. The Morgan fingerprint density at radius 1 is 0.933 bits per heavy atom. The SMILES string of the molecule is CCCC(=C(CC)CC)c1ccccc1. The summed E-state index contributed by atoms with van der Waals surface area (Å²) >= 11 is 0. The summed E-state index contributed by atoms with van der Waals surface area (Å²) in [7, 11) is 0. The smallest absolute Gasteiger partial charge is 0.0225 e. The molecule has 0 spiro atoms. The van der Waals surface area contributed by atoms with Crippen LogP contribution in [0.3, 0.4) is 0 Å². The third-order valence-corrected chi connectivity index (χ3v) is 2.90. The first-order valence-corrected chi connectivity index (χ1v) is 6.09. The lowest BCUT2D eigenvalue weighted by atomic mass is 9.93. The van der Waals surface area contributed by atoms with Crippen LogP contribution in [0.5, 0.6) is 0 Å². The molecular weight excluding hydrogens is 180 g/mol.